The fourth-order valence-electron chi connectivity index (χ4n) is 2.18. The molecular formula is C15H13FN2O6S. The number of methoxy groups -OCH3 is 1. The summed E-state index contributed by atoms with van der Waals surface area (Å²) >= 11 is 0. The second-order valence-corrected chi connectivity index (χ2v) is 6.60. The van der Waals surface area contributed by atoms with Crippen LogP contribution in [0.1, 0.15) is 15.9 Å². The highest BCUT2D eigenvalue weighted by molar-refractivity contribution is 7.92. The van der Waals surface area contributed by atoms with E-state index in [4.69, 9.17) is 0 Å². The van der Waals surface area contributed by atoms with Crippen molar-refractivity contribution in [1.82, 2.24) is 0 Å². The lowest BCUT2D eigenvalue weighted by molar-refractivity contribution is -0.385. The zero-order valence-electron chi connectivity index (χ0n) is 13.1. The van der Waals surface area contributed by atoms with Crippen LogP contribution in [-0.4, -0.2) is 26.4 Å². The topological polar surface area (TPSA) is 116 Å². The lowest BCUT2D eigenvalue weighted by Crippen LogP contribution is -2.17. The maximum absolute atomic E-state index is 13.3. The van der Waals surface area contributed by atoms with Gasteiger partial charge in [0.2, 0.25) is 0 Å². The molecule has 8 nitrogen and oxygen atoms in total. The number of sulfonamides is 1. The molecule has 0 aromatic heterocycles. The van der Waals surface area contributed by atoms with Crippen molar-refractivity contribution >= 4 is 27.4 Å². The molecular weight excluding hydrogens is 355 g/mol. The molecule has 0 spiro atoms. The molecule has 2 rings (SSSR count). The van der Waals surface area contributed by atoms with Crippen molar-refractivity contribution in [2.24, 2.45) is 0 Å². The van der Waals surface area contributed by atoms with Gasteiger partial charge in [0, 0.05) is 11.6 Å². The number of hydrogen-bond acceptors (Lipinski definition) is 6. The van der Waals surface area contributed by atoms with Crippen LogP contribution in [0.4, 0.5) is 15.8 Å². The molecule has 0 bridgehead atoms. The van der Waals surface area contributed by atoms with E-state index in [-0.39, 0.29) is 27.4 Å². The number of ether oxygens (including phenoxy) is 1. The van der Waals surface area contributed by atoms with E-state index in [9.17, 15) is 27.7 Å². The Morgan fingerprint density at radius 3 is 2.56 bits per heavy atom. The van der Waals surface area contributed by atoms with E-state index in [0.717, 1.165) is 25.3 Å². The Morgan fingerprint density at radius 2 is 1.96 bits per heavy atom. The van der Waals surface area contributed by atoms with E-state index >= 15 is 0 Å². The fraction of sp³-hybridized carbons (Fsp3) is 0.133. The van der Waals surface area contributed by atoms with Crippen LogP contribution in [0, 0.1) is 22.9 Å². The van der Waals surface area contributed by atoms with Crippen molar-refractivity contribution in [2.75, 3.05) is 11.8 Å². The first-order chi connectivity index (χ1) is 11.7. The van der Waals surface area contributed by atoms with Crippen LogP contribution in [0.15, 0.2) is 41.3 Å². The summed E-state index contributed by atoms with van der Waals surface area (Å²) < 4.78 is 45.1. The molecule has 0 fully saturated rings. The minimum Gasteiger partial charge on any atom is -0.465 e. The number of anilines is 1. The number of hydrogen-bond donors (Lipinski definition) is 1. The SMILES string of the molecule is COC(=O)c1cc(F)ccc1NS(=O)(=O)c1cccc([N+](=O)[O-])c1C. The van der Waals surface area contributed by atoms with Crippen molar-refractivity contribution in [2.45, 2.75) is 11.8 Å². The van der Waals surface area contributed by atoms with Crippen molar-refractivity contribution in [3.8, 4) is 0 Å². The zero-order valence-corrected chi connectivity index (χ0v) is 14.0. The van der Waals surface area contributed by atoms with Crippen LogP contribution in [0.5, 0.6) is 0 Å². The molecule has 0 atom stereocenters. The molecule has 25 heavy (non-hydrogen) atoms. The van der Waals surface area contributed by atoms with Crippen LogP contribution >= 0.6 is 0 Å². The molecule has 0 aliphatic carbocycles. The fourth-order valence-corrected chi connectivity index (χ4v) is 3.52. The lowest BCUT2D eigenvalue weighted by Gasteiger charge is -2.13. The number of carbonyl (C=O) groups excluding carboxylic acids is 1. The number of nitro benzene ring substituents is 1. The van der Waals surface area contributed by atoms with Crippen LogP contribution in [-0.2, 0) is 14.8 Å². The minimum atomic E-state index is -4.26. The van der Waals surface area contributed by atoms with Gasteiger partial charge in [-0.3, -0.25) is 14.8 Å². The highest BCUT2D eigenvalue weighted by atomic mass is 32.2. The first kappa shape index (κ1) is 18.3. The molecule has 0 heterocycles. The summed E-state index contributed by atoms with van der Waals surface area (Å²) in [6.07, 6.45) is 0. The monoisotopic (exact) mass is 368 g/mol. The van der Waals surface area contributed by atoms with E-state index in [2.05, 4.69) is 9.46 Å². The van der Waals surface area contributed by atoms with Crippen molar-refractivity contribution in [3.05, 3.63) is 63.5 Å². The summed E-state index contributed by atoms with van der Waals surface area (Å²) in [6.45, 7) is 1.29. The van der Waals surface area contributed by atoms with Crippen molar-refractivity contribution < 1.29 is 27.3 Å². The summed E-state index contributed by atoms with van der Waals surface area (Å²) in [7, 11) is -3.20. The predicted octanol–water partition coefficient (Wildman–Crippen LogP) is 2.63. The number of esters is 1. The number of nitrogens with zero attached hydrogens (tertiary/aromatic N) is 1. The van der Waals surface area contributed by atoms with E-state index in [1.807, 2.05) is 0 Å². The zero-order chi connectivity index (χ0) is 18.8. The van der Waals surface area contributed by atoms with Gasteiger partial charge in [-0.15, -0.1) is 0 Å². The minimum absolute atomic E-state index is 0.0678. The second kappa shape index (κ2) is 6.85. The van der Waals surface area contributed by atoms with Gasteiger partial charge in [-0.1, -0.05) is 6.07 Å². The Bertz CT molecular complexity index is 958. The van der Waals surface area contributed by atoms with Gasteiger partial charge in [0.15, 0.2) is 0 Å². The molecule has 2 aromatic rings. The smallest absolute Gasteiger partial charge is 0.340 e. The molecule has 2 aromatic carbocycles. The van der Waals surface area contributed by atoms with Gasteiger partial charge in [0.1, 0.15) is 5.82 Å². The highest BCUT2D eigenvalue weighted by Gasteiger charge is 2.25. The van der Waals surface area contributed by atoms with Crippen molar-refractivity contribution in [1.29, 1.82) is 0 Å². The molecule has 1 N–H and O–H groups in total. The van der Waals surface area contributed by atoms with Gasteiger partial charge in [-0.25, -0.2) is 17.6 Å². The number of carbonyl (C=O) groups is 1. The van der Waals surface area contributed by atoms with Gasteiger partial charge in [0.25, 0.3) is 15.7 Å². The molecule has 0 unspecified atom stereocenters. The Balaban J connectivity index is 2.53. The molecule has 0 aliphatic heterocycles. The molecule has 0 saturated heterocycles. The normalized spacial score (nSPS) is 11.0. The molecule has 0 radical (unpaired) electrons. The third kappa shape index (κ3) is 3.74. The number of rotatable bonds is 5. The Kier molecular flexibility index (Phi) is 5.02. The number of benzene rings is 2. The summed E-state index contributed by atoms with van der Waals surface area (Å²) in [5.74, 6) is -1.69. The Hall–Kier alpha value is -3.01. The van der Waals surface area contributed by atoms with Crippen molar-refractivity contribution in [3.63, 3.8) is 0 Å². The van der Waals surface area contributed by atoms with Crippen LogP contribution in [0.3, 0.4) is 0 Å². The third-order valence-electron chi connectivity index (χ3n) is 3.37. The summed E-state index contributed by atoms with van der Waals surface area (Å²) in [5, 5.41) is 11.0. The Morgan fingerprint density at radius 1 is 1.28 bits per heavy atom. The maximum atomic E-state index is 13.3. The lowest BCUT2D eigenvalue weighted by atomic mass is 10.2. The average molecular weight is 368 g/mol. The van der Waals surface area contributed by atoms with E-state index in [1.165, 1.54) is 25.1 Å². The quantitative estimate of drug-likeness (QED) is 0.493. The van der Waals surface area contributed by atoms with Crippen LogP contribution < -0.4 is 4.72 Å². The molecule has 0 aliphatic rings. The van der Waals surface area contributed by atoms with Gasteiger partial charge < -0.3 is 4.74 Å². The summed E-state index contributed by atoms with van der Waals surface area (Å²) in [5.41, 5.74) is -0.967. The predicted molar refractivity (Wildman–Crippen MR) is 86.4 cm³/mol. The number of halogens is 1. The third-order valence-corrected chi connectivity index (χ3v) is 4.88. The maximum Gasteiger partial charge on any atom is 0.340 e. The van der Waals surface area contributed by atoms with Gasteiger partial charge in [-0.05, 0) is 31.2 Å². The summed E-state index contributed by atoms with van der Waals surface area (Å²) in [6, 6.07) is 6.43. The van der Waals surface area contributed by atoms with Gasteiger partial charge in [-0.2, -0.15) is 0 Å². The van der Waals surface area contributed by atoms with Crippen LogP contribution in [0.25, 0.3) is 0 Å². The number of nitro groups is 1. The standard InChI is InChI=1S/C15H13FN2O6S/c1-9-13(18(20)21)4-3-5-14(9)25(22,23)17-12-7-6-10(16)8-11(12)15(19)24-2/h3-8,17H,1-2H3. The van der Waals surface area contributed by atoms with Crippen LogP contribution in [0.2, 0.25) is 0 Å². The van der Waals surface area contributed by atoms with E-state index in [1.54, 1.807) is 0 Å². The number of nitrogens with one attached hydrogen (secondary N) is 1. The highest BCUT2D eigenvalue weighted by Crippen LogP contribution is 2.28. The molecule has 132 valence electrons. The summed E-state index contributed by atoms with van der Waals surface area (Å²) in [4.78, 5) is 21.6. The first-order valence-electron chi connectivity index (χ1n) is 6.82. The van der Waals surface area contributed by atoms with Gasteiger partial charge in [0.05, 0.1) is 28.2 Å². The molecule has 0 saturated carbocycles. The average Bonchev–Trinajstić information content (AvgIpc) is 2.55. The second-order valence-electron chi connectivity index (χ2n) is 4.94. The first-order valence-corrected chi connectivity index (χ1v) is 8.30. The van der Waals surface area contributed by atoms with E-state index < -0.39 is 26.7 Å². The largest absolute Gasteiger partial charge is 0.465 e. The Labute approximate surface area is 142 Å². The van der Waals surface area contributed by atoms with E-state index in [0.29, 0.717) is 0 Å². The molecule has 10 heteroatoms. The van der Waals surface area contributed by atoms with Gasteiger partial charge >= 0.3 is 5.97 Å². The molecule has 0 amide bonds.